The second kappa shape index (κ2) is 9.02. The van der Waals surface area contributed by atoms with E-state index in [-0.39, 0.29) is 18.4 Å². The van der Waals surface area contributed by atoms with Gasteiger partial charge >= 0.3 is 0 Å². The summed E-state index contributed by atoms with van der Waals surface area (Å²) >= 11 is 0. The molecule has 2 aromatic rings. The second-order valence-corrected chi connectivity index (χ2v) is 5.35. The SMILES string of the molecule is COCCN(Cc1ccccn1)C(=O)CC(N)c1ccccc1. The lowest BCUT2D eigenvalue weighted by Crippen LogP contribution is -2.35. The van der Waals surface area contributed by atoms with Gasteiger partial charge in [-0.15, -0.1) is 0 Å². The fraction of sp³-hybridized carbons (Fsp3) is 0.333. The number of nitrogens with two attached hydrogens (primary N) is 1. The van der Waals surface area contributed by atoms with Crippen LogP contribution in [0.15, 0.2) is 54.7 Å². The topological polar surface area (TPSA) is 68.5 Å². The van der Waals surface area contributed by atoms with Gasteiger partial charge in [-0.3, -0.25) is 9.78 Å². The Bertz CT molecular complexity index is 590. The zero-order valence-corrected chi connectivity index (χ0v) is 13.4. The van der Waals surface area contributed by atoms with E-state index in [9.17, 15) is 4.79 Å². The number of hydrogen-bond donors (Lipinski definition) is 1. The van der Waals surface area contributed by atoms with Crippen LogP contribution in [0, 0.1) is 0 Å². The van der Waals surface area contributed by atoms with Crippen LogP contribution >= 0.6 is 0 Å². The van der Waals surface area contributed by atoms with Crippen LogP contribution < -0.4 is 5.73 Å². The third-order valence-corrected chi connectivity index (χ3v) is 3.62. The molecule has 5 nitrogen and oxygen atoms in total. The molecule has 1 amide bonds. The second-order valence-electron chi connectivity index (χ2n) is 5.35. The lowest BCUT2D eigenvalue weighted by atomic mass is 10.0. The third-order valence-electron chi connectivity index (χ3n) is 3.62. The lowest BCUT2D eigenvalue weighted by Gasteiger charge is -2.24. The Labute approximate surface area is 137 Å². The van der Waals surface area contributed by atoms with E-state index in [0.29, 0.717) is 19.7 Å². The van der Waals surface area contributed by atoms with E-state index in [0.717, 1.165) is 11.3 Å². The average Bonchev–Trinajstić information content (AvgIpc) is 2.60. The maximum Gasteiger partial charge on any atom is 0.224 e. The van der Waals surface area contributed by atoms with Gasteiger partial charge in [-0.25, -0.2) is 0 Å². The van der Waals surface area contributed by atoms with Crippen molar-refractivity contribution in [1.82, 2.24) is 9.88 Å². The van der Waals surface area contributed by atoms with Crippen LogP contribution in [0.3, 0.4) is 0 Å². The van der Waals surface area contributed by atoms with Gasteiger partial charge in [0.25, 0.3) is 0 Å². The van der Waals surface area contributed by atoms with Crippen molar-refractivity contribution in [2.45, 2.75) is 19.0 Å². The highest BCUT2D eigenvalue weighted by Gasteiger charge is 2.18. The monoisotopic (exact) mass is 313 g/mol. The van der Waals surface area contributed by atoms with E-state index in [1.165, 1.54) is 0 Å². The first-order chi connectivity index (χ1) is 11.2. The van der Waals surface area contributed by atoms with Crippen LogP contribution in [0.1, 0.15) is 23.7 Å². The van der Waals surface area contributed by atoms with E-state index in [4.69, 9.17) is 10.5 Å². The molecule has 0 bridgehead atoms. The van der Waals surface area contributed by atoms with Gasteiger partial charge < -0.3 is 15.4 Å². The molecule has 1 aromatic carbocycles. The summed E-state index contributed by atoms with van der Waals surface area (Å²) in [4.78, 5) is 18.6. The van der Waals surface area contributed by atoms with Gasteiger partial charge in [-0.2, -0.15) is 0 Å². The first-order valence-corrected chi connectivity index (χ1v) is 7.68. The molecule has 0 fully saturated rings. The number of pyridine rings is 1. The molecule has 1 unspecified atom stereocenters. The van der Waals surface area contributed by atoms with Crippen molar-refractivity contribution >= 4 is 5.91 Å². The summed E-state index contributed by atoms with van der Waals surface area (Å²) in [6.45, 7) is 1.47. The molecule has 1 aromatic heterocycles. The zero-order chi connectivity index (χ0) is 16.5. The molecule has 0 aliphatic carbocycles. The molecule has 1 atom stereocenters. The highest BCUT2D eigenvalue weighted by Crippen LogP contribution is 2.15. The van der Waals surface area contributed by atoms with Crippen LogP contribution in [-0.2, 0) is 16.1 Å². The first-order valence-electron chi connectivity index (χ1n) is 7.68. The molecule has 0 saturated heterocycles. The third kappa shape index (κ3) is 5.47. The van der Waals surface area contributed by atoms with Crippen LogP contribution in [-0.4, -0.2) is 36.1 Å². The quantitative estimate of drug-likeness (QED) is 0.811. The molecular weight excluding hydrogens is 290 g/mol. The lowest BCUT2D eigenvalue weighted by molar-refractivity contribution is -0.133. The maximum atomic E-state index is 12.6. The minimum Gasteiger partial charge on any atom is -0.383 e. The van der Waals surface area contributed by atoms with Crippen molar-refractivity contribution in [3.63, 3.8) is 0 Å². The van der Waals surface area contributed by atoms with Gasteiger partial charge in [0, 0.05) is 32.3 Å². The summed E-state index contributed by atoms with van der Waals surface area (Å²) in [5, 5.41) is 0. The molecule has 5 heteroatoms. The van der Waals surface area contributed by atoms with Gasteiger partial charge in [0.1, 0.15) is 0 Å². The number of carbonyl (C=O) groups excluding carboxylic acids is 1. The Morgan fingerprint density at radius 2 is 1.96 bits per heavy atom. The molecule has 23 heavy (non-hydrogen) atoms. The van der Waals surface area contributed by atoms with Crippen LogP contribution in [0.25, 0.3) is 0 Å². The Balaban J connectivity index is 2.01. The number of aromatic nitrogens is 1. The Morgan fingerprint density at radius 1 is 1.22 bits per heavy atom. The number of rotatable bonds is 8. The van der Waals surface area contributed by atoms with E-state index in [1.54, 1.807) is 18.2 Å². The van der Waals surface area contributed by atoms with Gasteiger partial charge in [0.05, 0.1) is 18.8 Å². The molecule has 1 heterocycles. The van der Waals surface area contributed by atoms with E-state index in [1.807, 2.05) is 48.5 Å². The van der Waals surface area contributed by atoms with Gasteiger partial charge in [-0.05, 0) is 17.7 Å². The number of benzene rings is 1. The highest BCUT2D eigenvalue weighted by molar-refractivity contribution is 5.77. The summed E-state index contributed by atoms with van der Waals surface area (Å²) in [5.74, 6) is 0.00376. The Hall–Kier alpha value is -2.24. The molecule has 0 aliphatic heterocycles. The van der Waals surface area contributed by atoms with Crippen LogP contribution in [0.2, 0.25) is 0 Å². The zero-order valence-electron chi connectivity index (χ0n) is 13.4. The smallest absolute Gasteiger partial charge is 0.224 e. The average molecular weight is 313 g/mol. The molecule has 0 saturated carbocycles. The Kier molecular flexibility index (Phi) is 6.72. The van der Waals surface area contributed by atoms with E-state index < -0.39 is 0 Å². The predicted molar refractivity (Wildman–Crippen MR) is 89.5 cm³/mol. The van der Waals surface area contributed by atoms with Gasteiger partial charge in [-0.1, -0.05) is 36.4 Å². The molecule has 122 valence electrons. The maximum absolute atomic E-state index is 12.6. The van der Waals surface area contributed by atoms with Crippen LogP contribution in [0.4, 0.5) is 0 Å². The van der Waals surface area contributed by atoms with Gasteiger partial charge in [0.15, 0.2) is 0 Å². The molecule has 0 aliphatic rings. The van der Waals surface area contributed by atoms with Crippen molar-refractivity contribution in [2.24, 2.45) is 5.73 Å². The fourth-order valence-corrected chi connectivity index (χ4v) is 2.32. The molecule has 2 N–H and O–H groups in total. The normalized spacial score (nSPS) is 11.9. The number of ether oxygens (including phenoxy) is 1. The summed E-state index contributed by atoms with van der Waals surface area (Å²) in [6.07, 6.45) is 1.99. The largest absolute Gasteiger partial charge is 0.383 e. The molecular formula is C18H23N3O2. The number of hydrogen-bond acceptors (Lipinski definition) is 4. The molecule has 2 rings (SSSR count). The number of carbonyl (C=O) groups is 1. The van der Waals surface area contributed by atoms with Crippen LogP contribution in [0.5, 0.6) is 0 Å². The Morgan fingerprint density at radius 3 is 2.61 bits per heavy atom. The highest BCUT2D eigenvalue weighted by atomic mass is 16.5. The summed E-state index contributed by atoms with van der Waals surface area (Å²) in [6, 6.07) is 15.0. The number of amides is 1. The number of methoxy groups -OCH3 is 1. The van der Waals surface area contributed by atoms with Crippen molar-refractivity contribution in [1.29, 1.82) is 0 Å². The summed E-state index contributed by atoms with van der Waals surface area (Å²) < 4.78 is 5.10. The standard InChI is InChI=1S/C18H23N3O2/c1-23-12-11-21(14-16-9-5-6-10-20-16)18(22)13-17(19)15-7-3-2-4-8-15/h2-10,17H,11-14,19H2,1H3. The van der Waals surface area contributed by atoms with Crippen molar-refractivity contribution < 1.29 is 9.53 Å². The van der Waals surface area contributed by atoms with Crippen molar-refractivity contribution in [3.05, 3.63) is 66.0 Å². The summed E-state index contributed by atoms with van der Waals surface area (Å²) in [5.41, 5.74) is 7.98. The fourth-order valence-electron chi connectivity index (χ4n) is 2.32. The van der Waals surface area contributed by atoms with Crippen molar-refractivity contribution in [2.75, 3.05) is 20.3 Å². The minimum absolute atomic E-state index is 0.00376. The molecule has 0 spiro atoms. The minimum atomic E-state index is -0.308. The molecule has 0 radical (unpaired) electrons. The van der Waals surface area contributed by atoms with E-state index in [2.05, 4.69) is 4.98 Å². The van der Waals surface area contributed by atoms with Gasteiger partial charge in [0.2, 0.25) is 5.91 Å². The van der Waals surface area contributed by atoms with Crippen molar-refractivity contribution in [3.8, 4) is 0 Å². The number of nitrogens with zero attached hydrogens (tertiary/aromatic N) is 2. The first kappa shape index (κ1) is 17.1. The van der Waals surface area contributed by atoms with E-state index >= 15 is 0 Å². The predicted octanol–water partition coefficient (Wildman–Crippen LogP) is 2.15. The summed E-state index contributed by atoms with van der Waals surface area (Å²) in [7, 11) is 1.62.